The van der Waals surface area contributed by atoms with Crippen LogP contribution < -0.4 is 4.74 Å². The van der Waals surface area contributed by atoms with E-state index in [1.807, 2.05) is 18.2 Å². The largest absolute Gasteiger partial charge is 0.492 e. The Morgan fingerprint density at radius 1 is 1.13 bits per heavy atom. The summed E-state index contributed by atoms with van der Waals surface area (Å²) >= 11 is 0. The summed E-state index contributed by atoms with van der Waals surface area (Å²) in [4.78, 5) is 10.9. The van der Waals surface area contributed by atoms with Crippen LogP contribution in [0.3, 0.4) is 0 Å². The molecule has 118 valence electrons. The fourth-order valence-electron chi connectivity index (χ4n) is 2.82. The van der Waals surface area contributed by atoms with Gasteiger partial charge in [-0.1, -0.05) is 38.1 Å². The van der Waals surface area contributed by atoms with Crippen molar-refractivity contribution in [3.8, 4) is 5.75 Å². The molecule has 0 atom stereocenters. The number of aromatic carboxylic acids is 1. The Morgan fingerprint density at radius 3 is 2.43 bits per heavy atom. The van der Waals surface area contributed by atoms with Gasteiger partial charge in [-0.25, -0.2) is 4.79 Å². The van der Waals surface area contributed by atoms with Crippen molar-refractivity contribution in [2.75, 3.05) is 6.61 Å². The standard InChI is InChI=1S/C20H20O3/c1-13(10-14-4-6-15(7-5-14)19(21)22)16-8-9-18-17(11-16)20(2,3)12-23-18/h4-11H,12H2,1-3H3,(H,21,22)/b13-10-. The number of fused-ring (bicyclic) bond motifs is 1. The van der Waals surface area contributed by atoms with E-state index in [-0.39, 0.29) is 5.41 Å². The summed E-state index contributed by atoms with van der Waals surface area (Å²) in [6.07, 6.45) is 2.07. The number of carboxylic acid groups (broad SMARTS) is 1. The summed E-state index contributed by atoms with van der Waals surface area (Å²) in [5.41, 5.74) is 4.86. The normalized spacial score (nSPS) is 15.9. The third-order valence-electron chi connectivity index (χ3n) is 4.29. The molecule has 3 heteroatoms. The molecule has 0 spiro atoms. The summed E-state index contributed by atoms with van der Waals surface area (Å²) in [5.74, 6) is 0.0652. The minimum Gasteiger partial charge on any atom is -0.492 e. The predicted octanol–water partition coefficient (Wildman–Crippen LogP) is 4.62. The van der Waals surface area contributed by atoms with Crippen molar-refractivity contribution in [2.45, 2.75) is 26.2 Å². The van der Waals surface area contributed by atoms with E-state index < -0.39 is 5.97 Å². The second kappa shape index (κ2) is 5.58. The van der Waals surface area contributed by atoms with Crippen LogP contribution in [-0.4, -0.2) is 17.7 Å². The van der Waals surface area contributed by atoms with Crippen LogP contribution in [0.1, 0.15) is 47.8 Å². The predicted molar refractivity (Wildman–Crippen MR) is 91.9 cm³/mol. The number of ether oxygens (including phenoxy) is 1. The lowest BCUT2D eigenvalue weighted by Crippen LogP contribution is -2.18. The number of carbonyl (C=O) groups is 1. The number of hydrogen-bond acceptors (Lipinski definition) is 2. The maximum atomic E-state index is 10.9. The molecule has 3 nitrogen and oxygen atoms in total. The van der Waals surface area contributed by atoms with Crippen molar-refractivity contribution in [3.05, 3.63) is 64.7 Å². The van der Waals surface area contributed by atoms with Gasteiger partial charge in [0.2, 0.25) is 0 Å². The van der Waals surface area contributed by atoms with Crippen molar-refractivity contribution in [3.63, 3.8) is 0 Å². The van der Waals surface area contributed by atoms with Crippen LogP contribution in [0.25, 0.3) is 11.6 Å². The Labute approximate surface area is 136 Å². The molecule has 3 rings (SSSR count). The van der Waals surface area contributed by atoms with Gasteiger partial charge in [0.25, 0.3) is 0 Å². The number of allylic oxidation sites excluding steroid dienone is 1. The van der Waals surface area contributed by atoms with Crippen LogP contribution in [0.15, 0.2) is 42.5 Å². The molecular weight excluding hydrogens is 288 g/mol. The molecular formula is C20H20O3. The molecule has 0 fully saturated rings. The summed E-state index contributed by atoms with van der Waals surface area (Å²) in [6, 6.07) is 13.2. The van der Waals surface area contributed by atoms with Gasteiger partial charge < -0.3 is 9.84 Å². The van der Waals surface area contributed by atoms with Crippen LogP contribution >= 0.6 is 0 Å². The summed E-state index contributed by atoms with van der Waals surface area (Å²) < 4.78 is 5.73. The molecule has 2 aromatic carbocycles. The van der Waals surface area contributed by atoms with Gasteiger partial charge in [0.05, 0.1) is 12.2 Å². The van der Waals surface area contributed by atoms with Gasteiger partial charge in [0.15, 0.2) is 0 Å². The lowest BCUT2D eigenvalue weighted by Gasteiger charge is -2.16. The molecule has 0 aliphatic carbocycles. The molecule has 2 aromatic rings. The Hall–Kier alpha value is -2.55. The molecule has 0 saturated heterocycles. The molecule has 0 unspecified atom stereocenters. The maximum Gasteiger partial charge on any atom is 0.335 e. The van der Waals surface area contributed by atoms with Crippen molar-refractivity contribution in [2.24, 2.45) is 0 Å². The highest BCUT2D eigenvalue weighted by Gasteiger charge is 2.31. The second-order valence-corrected chi connectivity index (χ2v) is 6.64. The monoisotopic (exact) mass is 308 g/mol. The topological polar surface area (TPSA) is 46.5 Å². The molecule has 0 bridgehead atoms. The first-order valence-electron chi connectivity index (χ1n) is 7.66. The molecule has 1 N–H and O–H groups in total. The summed E-state index contributed by atoms with van der Waals surface area (Å²) in [7, 11) is 0. The molecule has 1 aliphatic heterocycles. The first-order valence-corrected chi connectivity index (χ1v) is 7.66. The summed E-state index contributed by atoms with van der Waals surface area (Å²) in [6.45, 7) is 7.15. The summed E-state index contributed by atoms with van der Waals surface area (Å²) in [5, 5.41) is 8.95. The lowest BCUT2D eigenvalue weighted by molar-refractivity contribution is 0.0697. The van der Waals surface area contributed by atoms with E-state index in [2.05, 4.69) is 39.0 Å². The Morgan fingerprint density at radius 2 is 1.78 bits per heavy atom. The zero-order chi connectivity index (χ0) is 16.6. The highest BCUT2D eigenvalue weighted by molar-refractivity contribution is 5.88. The van der Waals surface area contributed by atoms with Gasteiger partial charge in [-0.2, -0.15) is 0 Å². The number of rotatable bonds is 3. The highest BCUT2D eigenvalue weighted by atomic mass is 16.5. The molecule has 1 heterocycles. The van der Waals surface area contributed by atoms with Crippen LogP contribution in [0.2, 0.25) is 0 Å². The van der Waals surface area contributed by atoms with Crippen molar-refractivity contribution in [1.29, 1.82) is 0 Å². The zero-order valence-electron chi connectivity index (χ0n) is 13.6. The Kier molecular flexibility index (Phi) is 3.72. The van der Waals surface area contributed by atoms with E-state index in [1.54, 1.807) is 12.1 Å². The number of benzene rings is 2. The van der Waals surface area contributed by atoms with Gasteiger partial charge in [-0.15, -0.1) is 0 Å². The minimum absolute atomic E-state index is 0.0365. The average Bonchev–Trinajstić information content (AvgIpc) is 2.83. The van der Waals surface area contributed by atoms with Crippen molar-refractivity contribution >= 4 is 17.6 Å². The number of carboxylic acids is 1. The smallest absolute Gasteiger partial charge is 0.335 e. The van der Waals surface area contributed by atoms with E-state index in [1.165, 1.54) is 5.56 Å². The van der Waals surface area contributed by atoms with E-state index in [9.17, 15) is 4.79 Å². The van der Waals surface area contributed by atoms with Gasteiger partial charge in [-0.3, -0.25) is 0 Å². The van der Waals surface area contributed by atoms with Crippen molar-refractivity contribution in [1.82, 2.24) is 0 Å². The first kappa shape index (κ1) is 15.3. The number of hydrogen-bond donors (Lipinski definition) is 1. The highest BCUT2D eigenvalue weighted by Crippen LogP contribution is 2.39. The molecule has 0 amide bonds. The Balaban J connectivity index is 1.91. The quantitative estimate of drug-likeness (QED) is 0.842. The molecule has 1 aliphatic rings. The zero-order valence-corrected chi connectivity index (χ0v) is 13.6. The van der Waals surface area contributed by atoms with Crippen LogP contribution in [-0.2, 0) is 5.41 Å². The molecule has 0 saturated carbocycles. The molecule has 0 radical (unpaired) electrons. The van der Waals surface area contributed by atoms with Crippen LogP contribution in [0.4, 0.5) is 0 Å². The fraction of sp³-hybridized carbons (Fsp3) is 0.250. The van der Waals surface area contributed by atoms with E-state index in [0.717, 1.165) is 22.4 Å². The lowest BCUT2D eigenvalue weighted by atomic mass is 9.85. The average molecular weight is 308 g/mol. The van der Waals surface area contributed by atoms with Gasteiger partial charge in [-0.05, 0) is 47.9 Å². The third-order valence-corrected chi connectivity index (χ3v) is 4.29. The van der Waals surface area contributed by atoms with Crippen LogP contribution in [0, 0.1) is 0 Å². The van der Waals surface area contributed by atoms with Gasteiger partial charge in [0, 0.05) is 11.0 Å². The van der Waals surface area contributed by atoms with Crippen molar-refractivity contribution < 1.29 is 14.6 Å². The van der Waals surface area contributed by atoms with E-state index >= 15 is 0 Å². The maximum absolute atomic E-state index is 10.9. The third kappa shape index (κ3) is 3.00. The van der Waals surface area contributed by atoms with Crippen LogP contribution in [0.5, 0.6) is 5.75 Å². The fourth-order valence-corrected chi connectivity index (χ4v) is 2.82. The van der Waals surface area contributed by atoms with E-state index in [0.29, 0.717) is 12.2 Å². The molecule has 0 aromatic heterocycles. The first-order chi connectivity index (χ1) is 10.9. The van der Waals surface area contributed by atoms with Gasteiger partial charge >= 0.3 is 5.97 Å². The SMILES string of the molecule is C/C(=C/c1ccc(C(=O)O)cc1)c1ccc2c(c1)C(C)(C)CO2. The van der Waals surface area contributed by atoms with E-state index in [4.69, 9.17) is 9.84 Å². The second-order valence-electron chi connectivity index (χ2n) is 6.64. The minimum atomic E-state index is -0.905. The molecule has 23 heavy (non-hydrogen) atoms. The van der Waals surface area contributed by atoms with Gasteiger partial charge in [0.1, 0.15) is 5.75 Å². The Bertz CT molecular complexity index is 783.